The topological polar surface area (TPSA) is 82.5 Å². The molecule has 1 amide bonds. The first kappa shape index (κ1) is 25.7. The van der Waals surface area contributed by atoms with E-state index in [0.29, 0.717) is 26.3 Å². The first-order valence-electron chi connectivity index (χ1n) is 11.0. The lowest BCUT2D eigenvalue weighted by Crippen LogP contribution is -2.55. The van der Waals surface area contributed by atoms with Crippen LogP contribution in [0.15, 0.2) is 24.3 Å². The normalized spacial score (nSPS) is 20.6. The number of amides is 1. The van der Waals surface area contributed by atoms with Crippen LogP contribution in [0.3, 0.4) is 0 Å². The summed E-state index contributed by atoms with van der Waals surface area (Å²) in [6.07, 6.45) is -6.69. The molecule has 33 heavy (non-hydrogen) atoms. The molecular formula is C22H30F4N2O5. The number of ether oxygens (including phenoxy) is 2. The third kappa shape index (κ3) is 7.26. The van der Waals surface area contributed by atoms with Gasteiger partial charge in [0.15, 0.2) is 0 Å². The first-order valence-corrected chi connectivity index (χ1v) is 11.0. The molecule has 2 aliphatic heterocycles. The summed E-state index contributed by atoms with van der Waals surface area (Å²) in [5.74, 6) is -0.330. The van der Waals surface area contributed by atoms with Gasteiger partial charge in [-0.15, -0.1) is 0 Å². The number of rotatable bonds is 7. The van der Waals surface area contributed by atoms with Crippen LogP contribution in [0.25, 0.3) is 0 Å². The zero-order valence-electron chi connectivity index (χ0n) is 18.3. The predicted octanol–water partition coefficient (Wildman–Crippen LogP) is 2.69. The number of aliphatic hydroxyl groups excluding tert-OH is 1. The van der Waals surface area contributed by atoms with Crippen LogP contribution in [0.2, 0.25) is 0 Å². The standard InChI is InChI=1S/C22H30F4N2O5/c23-17-3-1-16(2-4-17)13-28(18-5-11-32-12-6-18)15-21(31)7-9-27(10-8-21)20(30)33-19(14-29)22(24,25)26/h1-4,18-19,29,31H,5-15H2. The second-order valence-corrected chi connectivity index (χ2v) is 8.68. The molecule has 7 nitrogen and oxygen atoms in total. The van der Waals surface area contributed by atoms with Gasteiger partial charge in [0.05, 0.1) is 12.2 Å². The molecule has 0 bridgehead atoms. The van der Waals surface area contributed by atoms with E-state index in [0.717, 1.165) is 23.3 Å². The van der Waals surface area contributed by atoms with Gasteiger partial charge in [0.1, 0.15) is 5.82 Å². The Kier molecular flexibility index (Phi) is 8.54. The maximum Gasteiger partial charge on any atom is 0.427 e. The van der Waals surface area contributed by atoms with Crippen LogP contribution in [0.5, 0.6) is 0 Å². The molecule has 0 saturated carbocycles. The molecule has 186 valence electrons. The number of likely N-dealkylation sites (tertiary alicyclic amines) is 1. The van der Waals surface area contributed by atoms with Crippen molar-refractivity contribution in [3.8, 4) is 0 Å². The van der Waals surface area contributed by atoms with E-state index in [-0.39, 0.29) is 37.8 Å². The summed E-state index contributed by atoms with van der Waals surface area (Å²) in [4.78, 5) is 15.4. The molecule has 0 aromatic heterocycles. The molecule has 0 radical (unpaired) electrons. The van der Waals surface area contributed by atoms with Crippen LogP contribution in [0.4, 0.5) is 22.4 Å². The van der Waals surface area contributed by atoms with Gasteiger partial charge in [0.25, 0.3) is 0 Å². The molecule has 11 heteroatoms. The highest BCUT2D eigenvalue weighted by Gasteiger charge is 2.44. The van der Waals surface area contributed by atoms with Crippen LogP contribution in [-0.4, -0.2) is 89.5 Å². The van der Waals surface area contributed by atoms with Crippen molar-refractivity contribution < 1.29 is 42.0 Å². The predicted molar refractivity (Wildman–Crippen MR) is 110 cm³/mol. The van der Waals surface area contributed by atoms with Gasteiger partial charge in [0, 0.05) is 45.4 Å². The number of halogens is 4. The van der Waals surface area contributed by atoms with Crippen molar-refractivity contribution in [2.75, 3.05) is 39.5 Å². The van der Waals surface area contributed by atoms with E-state index < -0.39 is 30.6 Å². The third-order valence-corrected chi connectivity index (χ3v) is 6.23. The van der Waals surface area contributed by atoms with Crippen molar-refractivity contribution in [2.45, 2.75) is 56.2 Å². The number of piperidine rings is 1. The van der Waals surface area contributed by atoms with E-state index in [1.54, 1.807) is 12.1 Å². The van der Waals surface area contributed by atoms with Crippen molar-refractivity contribution in [3.63, 3.8) is 0 Å². The Morgan fingerprint density at radius 3 is 2.36 bits per heavy atom. The number of hydrogen-bond acceptors (Lipinski definition) is 6. The number of carbonyl (C=O) groups excluding carboxylic acids is 1. The van der Waals surface area contributed by atoms with Crippen LogP contribution in [0, 0.1) is 5.82 Å². The minimum atomic E-state index is -4.86. The quantitative estimate of drug-likeness (QED) is 0.587. The molecule has 2 heterocycles. The second-order valence-electron chi connectivity index (χ2n) is 8.68. The van der Waals surface area contributed by atoms with Crippen LogP contribution >= 0.6 is 0 Å². The maximum absolute atomic E-state index is 13.3. The Balaban J connectivity index is 1.61. The van der Waals surface area contributed by atoms with Gasteiger partial charge in [-0.05, 0) is 43.4 Å². The molecule has 2 N–H and O–H groups in total. The van der Waals surface area contributed by atoms with Gasteiger partial charge >= 0.3 is 12.3 Å². The van der Waals surface area contributed by atoms with Crippen LogP contribution in [-0.2, 0) is 16.0 Å². The first-order chi connectivity index (χ1) is 15.6. The molecule has 1 unspecified atom stereocenters. The third-order valence-electron chi connectivity index (χ3n) is 6.23. The number of nitrogens with zero attached hydrogens (tertiary/aromatic N) is 2. The highest BCUT2D eigenvalue weighted by atomic mass is 19.4. The van der Waals surface area contributed by atoms with Crippen molar-refractivity contribution in [1.29, 1.82) is 0 Å². The van der Waals surface area contributed by atoms with Gasteiger partial charge in [-0.2, -0.15) is 13.2 Å². The van der Waals surface area contributed by atoms with Crippen LogP contribution < -0.4 is 0 Å². The molecule has 1 atom stereocenters. The summed E-state index contributed by atoms with van der Waals surface area (Å²) in [7, 11) is 0. The Morgan fingerprint density at radius 2 is 1.82 bits per heavy atom. The summed E-state index contributed by atoms with van der Waals surface area (Å²) in [6, 6.07) is 6.33. The Hall–Kier alpha value is -1.95. The summed E-state index contributed by atoms with van der Waals surface area (Å²) >= 11 is 0. The molecule has 2 fully saturated rings. The minimum Gasteiger partial charge on any atom is -0.434 e. The molecular weight excluding hydrogens is 448 g/mol. The zero-order chi connectivity index (χ0) is 24.1. The van der Waals surface area contributed by atoms with E-state index in [9.17, 15) is 27.5 Å². The fourth-order valence-corrected chi connectivity index (χ4v) is 4.23. The lowest BCUT2D eigenvalue weighted by atomic mass is 9.89. The monoisotopic (exact) mass is 478 g/mol. The molecule has 2 saturated heterocycles. The van der Waals surface area contributed by atoms with Gasteiger partial charge in [-0.3, -0.25) is 4.90 Å². The average molecular weight is 478 g/mol. The van der Waals surface area contributed by atoms with Crippen molar-refractivity contribution >= 4 is 6.09 Å². The summed E-state index contributed by atoms with van der Waals surface area (Å²) in [6.45, 7) is 0.730. The van der Waals surface area contributed by atoms with Crippen molar-refractivity contribution in [3.05, 3.63) is 35.6 Å². The van der Waals surface area contributed by atoms with E-state index in [1.165, 1.54) is 12.1 Å². The smallest absolute Gasteiger partial charge is 0.427 e. The van der Waals surface area contributed by atoms with Gasteiger partial charge in [-0.1, -0.05) is 12.1 Å². The molecule has 1 aromatic carbocycles. The maximum atomic E-state index is 13.3. The van der Waals surface area contributed by atoms with E-state index in [1.807, 2.05) is 0 Å². The van der Waals surface area contributed by atoms with Crippen molar-refractivity contribution in [2.24, 2.45) is 0 Å². The SMILES string of the molecule is O=C(OC(CO)C(F)(F)F)N1CCC(O)(CN(Cc2ccc(F)cc2)C2CCOCC2)CC1. The molecule has 3 rings (SSSR count). The number of hydrogen-bond donors (Lipinski definition) is 2. The Bertz CT molecular complexity index is 763. The largest absolute Gasteiger partial charge is 0.434 e. The van der Waals surface area contributed by atoms with E-state index in [4.69, 9.17) is 9.84 Å². The second kappa shape index (κ2) is 11.0. The lowest BCUT2D eigenvalue weighted by Gasteiger charge is -2.43. The van der Waals surface area contributed by atoms with E-state index >= 15 is 0 Å². The molecule has 0 spiro atoms. The molecule has 1 aromatic rings. The average Bonchev–Trinajstić information content (AvgIpc) is 2.78. The summed E-state index contributed by atoms with van der Waals surface area (Å²) in [5.41, 5.74) is -0.245. The lowest BCUT2D eigenvalue weighted by molar-refractivity contribution is -0.215. The van der Waals surface area contributed by atoms with Crippen molar-refractivity contribution in [1.82, 2.24) is 9.80 Å². The van der Waals surface area contributed by atoms with Gasteiger partial charge < -0.3 is 24.6 Å². The Labute approximate surface area is 189 Å². The minimum absolute atomic E-state index is 0.0313. The Morgan fingerprint density at radius 1 is 1.21 bits per heavy atom. The fraction of sp³-hybridized carbons (Fsp3) is 0.682. The molecule has 0 aliphatic carbocycles. The number of alkyl halides is 3. The summed E-state index contributed by atoms with van der Waals surface area (Å²) in [5, 5.41) is 20.1. The highest BCUT2D eigenvalue weighted by Crippen LogP contribution is 2.29. The van der Waals surface area contributed by atoms with Gasteiger partial charge in [0.2, 0.25) is 6.10 Å². The zero-order valence-corrected chi connectivity index (χ0v) is 18.3. The highest BCUT2D eigenvalue weighted by molar-refractivity contribution is 5.68. The van der Waals surface area contributed by atoms with Gasteiger partial charge in [-0.25, -0.2) is 9.18 Å². The number of aliphatic hydroxyl groups is 2. The fourth-order valence-electron chi connectivity index (χ4n) is 4.23. The number of benzene rings is 1. The molecule has 2 aliphatic rings. The summed E-state index contributed by atoms with van der Waals surface area (Å²) < 4.78 is 61.4. The number of carbonyl (C=O) groups is 1. The van der Waals surface area contributed by atoms with Crippen LogP contribution in [0.1, 0.15) is 31.2 Å². The van der Waals surface area contributed by atoms with E-state index in [2.05, 4.69) is 9.64 Å².